The van der Waals surface area contributed by atoms with Crippen LogP contribution in [0.5, 0.6) is 0 Å². The van der Waals surface area contributed by atoms with Crippen LogP contribution >= 0.6 is 12.4 Å². The number of nitrogens with one attached hydrogen (secondary N) is 2. The number of aliphatic imine (C=N–C) groups is 1. The maximum Gasteiger partial charge on any atom is 0.263 e. The van der Waals surface area contributed by atoms with Gasteiger partial charge in [-0.1, -0.05) is 19.1 Å². The number of piperidine rings is 1. The van der Waals surface area contributed by atoms with Crippen LogP contribution in [-0.2, 0) is 14.8 Å². The number of sulfonamides is 1. The van der Waals surface area contributed by atoms with Crippen LogP contribution in [-0.4, -0.2) is 56.8 Å². The van der Waals surface area contributed by atoms with Crippen molar-refractivity contribution in [2.75, 3.05) is 19.6 Å². The lowest BCUT2D eigenvalue weighted by Crippen LogP contribution is -2.47. The zero-order valence-corrected chi connectivity index (χ0v) is 18.0. The third-order valence-electron chi connectivity index (χ3n) is 5.02. The van der Waals surface area contributed by atoms with E-state index < -0.39 is 10.0 Å². The van der Waals surface area contributed by atoms with Crippen molar-refractivity contribution < 1.29 is 13.2 Å². The molecule has 2 heterocycles. The Morgan fingerprint density at radius 2 is 1.96 bits per heavy atom. The fourth-order valence-corrected chi connectivity index (χ4v) is 4.98. The van der Waals surface area contributed by atoms with E-state index in [2.05, 4.69) is 22.0 Å². The molecule has 28 heavy (non-hydrogen) atoms. The van der Waals surface area contributed by atoms with Crippen LogP contribution in [0.3, 0.4) is 0 Å². The smallest absolute Gasteiger partial charge is 0.263 e. The van der Waals surface area contributed by atoms with E-state index in [-0.39, 0.29) is 41.7 Å². The fraction of sp³-hybridized carbons (Fsp3) is 0.579. The summed E-state index contributed by atoms with van der Waals surface area (Å²) in [7, 11) is -3.55. The summed E-state index contributed by atoms with van der Waals surface area (Å²) in [5.41, 5.74) is 0.570. The molecule has 0 spiro atoms. The average Bonchev–Trinajstić information content (AvgIpc) is 2.90. The summed E-state index contributed by atoms with van der Waals surface area (Å²) in [5, 5.41) is 3.33. The van der Waals surface area contributed by atoms with E-state index in [9.17, 15) is 13.2 Å². The predicted molar refractivity (Wildman–Crippen MR) is 113 cm³/mol. The van der Waals surface area contributed by atoms with Gasteiger partial charge in [0.15, 0.2) is 0 Å². The second-order valence-corrected chi connectivity index (χ2v) is 8.85. The van der Waals surface area contributed by atoms with Crippen molar-refractivity contribution in [3.05, 3.63) is 29.8 Å². The van der Waals surface area contributed by atoms with E-state index in [0.717, 1.165) is 38.9 Å². The van der Waals surface area contributed by atoms with Gasteiger partial charge in [0, 0.05) is 24.6 Å². The second-order valence-electron chi connectivity index (χ2n) is 7.20. The van der Waals surface area contributed by atoms with Gasteiger partial charge in [0.25, 0.3) is 10.0 Å². The molecule has 3 rings (SSSR count). The van der Waals surface area contributed by atoms with Crippen LogP contribution in [0.4, 0.5) is 0 Å². The summed E-state index contributed by atoms with van der Waals surface area (Å²) in [6, 6.07) is 6.75. The van der Waals surface area contributed by atoms with Crippen LogP contribution in [0.15, 0.2) is 34.2 Å². The Morgan fingerprint density at radius 3 is 2.64 bits per heavy atom. The van der Waals surface area contributed by atoms with E-state index >= 15 is 0 Å². The van der Waals surface area contributed by atoms with E-state index in [4.69, 9.17) is 0 Å². The number of carbonyl (C=O) groups excluding carboxylic acids is 1. The van der Waals surface area contributed by atoms with Crippen LogP contribution in [0.1, 0.15) is 45.1 Å². The third kappa shape index (κ3) is 5.04. The molecular weight excluding hydrogens is 400 g/mol. The minimum Gasteiger partial charge on any atom is -0.340 e. The van der Waals surface area contributed by atoms with Crippen molar-refractivity contribution in [2.45, 2.75) is 56.5 Å². The molecule has 1 unspecified atom stereocenters. The number of hydrogen-bond donors (Lipinski definition) is 2. The molecule has 0 aliphatic carbocycles. The van der Waals surface area contributed by atoms with E-state index in [1.165, 1.54) is 0 Å². The highest BCUT2D eigenvalue weighted by Gasteiger charge is 2.31. The SMILES string of the molecule is CCCN(C(=O)CC(C)N=C1NS(=O)(=O)c2ccccc21)C1CCNCC1.Cl. The van der Waals surface area contributed by atoms with E-state index in [1.807, 2.05) is 11.8 Å². The number of nitrogens with zero attached hydrogens (tertiary/aromatic N) is 2. The minimum atomic E-state index is -3.55. The second kappa shape index (κ2) is 9.71. The van der Waals surface area contributed by atoms with Gasteiger partial charge in [0.2, 0.25) is 5.91 Å². The zero-order chi connectivity index (χ0) is 19.4. The molecule has 0 aromatic heterocycles. The van der Waals surface area contributed by atoms with Gasteiger partial charge < -0.3 is 10.2 Å². The zero-order valence-electron chi connectivity index (χ0n) is 16.3. The summed E-state index contributed by atoms with van der Waals surface area (Å²) in [6.07, 6.45) is 3.15. The number of carbonyl (C=O) groups is 1. The number of hydrogen-bond acceptors (Lipinski definition) is 5. The molecule has 9 heteroatoms. The number of benzene rings is 1. The number of fused-ring (bicyclic) bond motifs is 1. The van der Waals surface area contributed by atoms with Crippen molar-refractivity contribution in [2.24, 2.45) is 4.99 Å². The van der Waals surface area contributed by atoms with E-state index in [1.54, 1.807) is 24.3 Å². The molecule has 1 amide bonds. The maximum atomic E-state index is 12.9. The molecule has 2 aliphatic rings. The largest absolute Gasteiger partial charge is 0.340 e. The van der Waals surface area contributed by atoms with Crippen molar-refractivity contribution in [1.29, 1.82) is 0 Å². The van der Waals surface area contributed by atoms with Crippen LogP contribution in [0, 0.1) is 0 Å². The van der Waals surface area contributed by atoms with Crippen molar-refractivity contribution in [1.82, 2.24) is 14.9 Å². The lowest BCUT2D eigenvalue weighted by molar-refractivity contribution is -0.134. The number of rotatable bonds is 6. The van der Waals surface area contributed by atoms with Crippen molar-refractivity contribution in [3.8, 4) is 0 Å². The van der Waals surface area contributed by atoms with Crippen LogP contribution in [0.25, 0.3) is 0 Å². The maximum absolute atomic E-state index is 12.9. The average molecular weight is 429 g/mol. The number of amides is 1. The Balaban J connectivity index is 0.00000280. The monoisotopic (exact) mass is 428 g/mol. The van der Waals surface area contributed by atoms with E-state index in [0.29, 0.717) is 11.4 Å². The van der Waals surface area contributed by atoms with Gasteiger partial charge in [-0.2, -0.15) is 0 Å². The Bertz CT molecular complexity index is 822. The Kier molecular flexibility index (Phi) is 7.86. The molecule has 0 saturated carbocycles. The van der Waals surface area contributed by atoms with Gasteiger partial charge in [-0.05, 0) is 51.4 Å². The lowest BCUT2D eigenvalue weighted by atomic mass is 10.0. The highest BCUT2D eigenvalue weighted by Crippen LogP contribution is 2.23. The molecule has 1 saturated heterocycles. The molecule has 2 N–H and O–H groups in total. The molecule has 156 valence electrons. The Hall–Kier alpha value is -1.64. The first-order valence-corrected chi connectivity index (χ1v) is 11.1. The predicted octanol–water partition coefficient (Wildman–Crippen LogP) is 1.92. The van der Waals surface area contributed by atoms with Gasteiger partial charge in [-0.15, -0.1) is 12.4 Å². The quantitative estimate of drug-likeness (QED) is 0.724. The van der Waals surface area contributed by atoms with Crippen molar-refractivity contribution >= 4 is 34.2 Å². The third-order valence-corrected chi connectivity index (χ3v) is 6.41. The van der Waals surface area contributed by atoms with Gasteiger partial charge in [0.1, 0.15) is 5.84 Å². The summed E-state index contributed by atoms with van der Waals surface area (Å²) in [4.78, 5) is 19.6. The normalized spacial score (nSPS) is 20.7. The molecule has 1 aromatic carbocycles. The summed E-state index contributed by atoms with van der Waals surface area (Å²) in [6.45, 7) is 6.56. The first-order valence-electron chi connectivity index (χ1n) is 9.62. The Morgan fingerprint density at radius 1 is 1.29 bits per heavy atom. The highest BCUT2D eigenvalue weighted by atomic mass is 35.5. The molecule has 1 aromatic rings. The first kappa shape index (κ1) is 22.6. The number of halogens is 1. The van der Waals surface area contributed by atoms with Gasteiger partial charge >= 0.3 is 0 Å². The van der Waals surface area contributed by atoms with Gasteiger partial charge in [-0.25, -0.2) is 8.42 Å². The molecule has 0 radical (unpaired) electrons. The minimum absolute atomic E-state index is 0. The molecule has 1 atom stereocenters. The molecule has 0 bridgehead atoms. The molecule has 2 aliphatic heterocycles. The first-order chi connectivity index (χ1) is 12.9. The molecular formula is C19H29ClN4O3S. The Labute approximate surface area is 173 Å². The highest BCUT2D eigenvalue weighted by molar-refractivity contribution is 7.90. The molecule has 7 nitrogen and oxygen atoms in total. The fourth-order valence-electron chi connectivity index (χ4n) is 3.74. The lowest BCUT2D eigenvalue weighted by Gasteiger charge is -2.35. The van der Waals surface area contributed by atoms with Crippen molar-refractivity contribution in [3.63, 3.8) is 0 Å². The molecule has 1 fully saturated rings. The summed E-state index contributed by atoms with van der Waals surface area (Å²) < 4.78 is 26.9. The van der Waals surface area contributed by atoms with Gasteiger partial charge in [0.05, 0.1) is 10.9 Å². The van der Waals surface area contributed by atoms with Crippen LogP contribution < -0.4 is 10.0 Å². The summed E-state index contributed by atoms with van der Waals surface area (Å²) >= 11 is 0. The number of amidine groups is 1. The summed E-state index contributed by atoms with van der Waals surface area (Å²) in [5.74, 6) is 0.421. The topological polar surface area (TPSA) is 90.9 Å². The van der Waals surface area contributed by atoms with Gasteiger partial charge in [-0.3, -0.25) is 14.5 Å². The van der Waals surface area contributed by atoms with Crippen LogP contribution in [0.2, 0.25) is 0 Å². The standard InChI is InChI=1S/C19H28N4O3S.ClH/c1-3-12-23(15-8-10-20-11-9-15)18(24)13-14(2)21-19-16-6-4-5-7-17(16)27(25,26)22-19;/h4-7,14-15,20H,3,8-13H2,1-2H3,(H,21,22);1H.